The lowest BCUT2D eigenvalue weighted by molar-refractivity contribution is -0.124. The number of aromatic amines is 1. The summed E-state index contributed by atoms with van der Waals surface area (Å²) < 4.78 is 5.65. The third-order valence-corrected chi connectivity index (χ3v) is 3.41. The molecular weight excluding hydrogens is 272 g/mol. The number of carbonyl (C=O) groups is 1. The Kier molecular flexibility index (Phi) is 3.83. The number of piperazine rings is 1. The van der Waals surface area contributed by atoms with Crippen LogP contribution in [0.4, 0.5) is 0 Å². The van der Waals surface area contributed by atoms with Crippen LogP contribution in [-0.4, -0.2) is 53.6 Å². The highest BCUT2D eigenvalue weighted by Gasteiger charge is 2.15. The molecule has 1 aliphatic heterocycles. The summed E-state index contributed by atoms with van der Waals surface area (Å²) in [5.74, 6) is 0.673. The van der Waals surface area contributed by atoms with Crippen molar-refractivity contribution in [1.29, 1.82) is 0 Å². The van der Waals surface area contributed by atoms with Gasteiger partial charge in [0.05, 0.1) is 23.8 Å². The molecule has 1 aromatic carbocycles. The largest absolute Gasteiger partial charge is 0.492 e. The van der Waals surface area contributed by atoms with Crippen LogP contribution < -0.4 is 15.6 Å². The van der Waals surface area contributed by atoms with Crippen LogP contribution in [0, 0.1) is 0 Å². The number of hydrogen-bond acceptors (Lipinski definition) is 5. The van der Waals surface area contributed by atoms with Crippen molar-refractivity contribution in [3.8, 4) is 5.75 Å². The number of amides is 1. The van der Waals surface area contributed by atoms with E-state index in [1.54, 1.807) is 18.2 Å². The van der Waals surface area contributed by atoms with Crippen molar-refractivity contribution < 1.29 is 9.53 Å². The average Bonchev–Trinajstić information content (AvgIpc) is 2.48. The Morgan fingerprint density at radius 2 is 2.24 bits per heavy atom. The van der Waals surface area contributed by atoms with Gasteiger partial charge in [-0.25, -0.2) is 4.98 Å². The molecule has 0 aliphatic carbocycles. The van der Waals surface area contributed by atoms with E-state index in [2.05, 4.69) is 15.3 Å². The molecule has 1 fully saturated rings. The predicted molar refractivity (Wildman–Crippen MR) is 77.3 cm³/mol. The van der Waals surface area contributed by atoms with Crippen molar-refractivity contribution in [2.75, 3.05) is 32.8 Å². The lowest BCUT2D eigenvalue weighted by atomic mass is 10.2. The molecule has 1 aliphatic rings. The number of rotatable bonds is 4. The maximum absolute atomic E-state index is 11.7. The molecule has 0 radical (unpaired) electrons. The Labute approximate surface area is 120 Å². The van der Waals surface area contributed by atoms with Gasteiger partial charge in [0.2, 0.25) is 5.91 Å². The molecule has 0 spiro atoms. The molecule has 7 nitrogen and oxygen atoms in total. The van der Waals surface area contributed by atoms with Crippen LogP contribution in [0.1, 0.15) is 0 Å². The fourth-order valence-corrected chi connectivity index (χ4v) is 2.31. The third kappa shape index (κ3) is 3.19. The van der Waals surface area contributed by atoms with Gasteiger partial charge in [-0.15, -0.1) is 0 Å². The van der Waals surface area contributed by atoms with Gasteiger partial charge in [-0.3, -0.25) is 14.5 Å². The number of aromatic nitrogens is 2. The number of nitrogens with one attached hydrogen (secondary N) is 2. The quantitative estimate of drug-likeness (QED) is 0.809. The average molecular weight is 288 g/mol. The SMILES string of the molecule is O=C1CN(CCOc2ccc3nc[nH]c(=O)c3c2)CCN1. The number of H-pyrrole nitrogens is 1. The number of hydrogen-bond donors (Lipinski definition) is 2. The highest BCUT2D eigenvalue weighted by Crippen LogP contribution is 2.16. The lowest BCUT2D eigenvalue weighted by Crippen LogP contribution is -2.48. The van der Waals surface area contributed by atoms with E-state index in [1.807, 2.05) is 4.90 Å². The van der Waals surface area contributed by atoms with Crippen LogP contribution >= 0.6 is 0 Å². The molecule has 21 heavy (non-hydrogen) atoms. The monoisotopic (exact) mass is 288 g/mol. The van der Waals surface area contributed by atoms with Crippen molar-refractivity contribution in [3.05, 3.63) is 34.9 Å². The molecule has 1 amide bonds. The van der Waals surface area contributed by atoms with Gasteiger partial charge in [-0.1, -0.05) is 0 Å². The summed E-state index contributed by atoms with van der Waals surface area (Å²) in [7, 11) is 0. The van der Waals surface area contributed by atoms with Gasteiger partial charge in [0.25, 0.3) is 5.56 Å². The molecule has 3 rings (SSSR count). The van der Waals surface area contributed by atoms with Crippen molar-refractivity contribution in [3.63, 3.8) is 0 Å². The van der Waals surface area contributed by atoms with E-state index < -0.39 is 0 Å². The molecule has 2 heterocycles. The zero-order chi connectivity index (χ0) is 14.7. The number of fused-ring (bicyclic) bond motifs is 1. The zero-order valence-electron chi connectivity index (χ0n) is 11.5. The normalized spacial score (nSPS) is 15.9. The van der Waals surface area contributed by atoms with Crippen LogP contribution in [0.3, 0.4) is 0 Å². The summed E-state index contributed by atoms with van der Waals surface area (Å²) in [5.41, 5.74) is 0.456. The van der Waals surface area contributed by atoms with Gasteiger partial charge < -0.3 is 15.0 Å². The van der Waals surface area contributed by atoms with Gasteiger partial charge in [0.1, 0.15) is 12.4 Å². The lowest BCUT2D eigenvalue weighted by Gasteiger charge is -2.26. The fourth-order valence-electron chi connectivity index (χ4n) is 2.31. The number of ether oxygens (including phenoxy) is 1. The second kappa shape index (κ2) is 5.92. The van der Waals surface area contributed by atoms with E-state index in [0.717, 1.165) is 6.54 Å². The zero-order valence-corrected chi connectivity index (χ0v) is 11.5. The molecular formula is C14H16N4O3. The van der Waals surface area contributed by atoms with Crippen LogP contribution in [0.5, 0.6) is 5.75 Å². The minimum Gasteiger partial charge on any atom is -0.492 e. The molecule has 1 saturated heterocycles. The molecule has 1 aromatic heterocycles. The minimum atomic E-state index is -0.182. The summed E-state index contributed by atoms with van der Waals surface area (Å²) in [6.45, 7) is 3.06. The van der Waals surface area contributed by atoms with Crippen molar-refractivity contribution in [2.45, 2.75) is 0 Å². The summed E-state index contributed by atoms with van der Waals surface area (Å²) in [5, 5.41) is 3.29. The molecule has 2 aromatic rings. The van der Waals surface area contributed by atoms with Crippen LogP contribution in [0.15, 0.2) is 29.3 Å². The van der Waals surface area contributed by atoms with Gasteiger partial charge >= 0.3 is 0 Å². The first kappa shape index (κ1) is 13.6. The first-order chi connectivity index (χ1) is 10.2. The van der Waals surface area contributed by atoms with Crippen molar-refractivity contribution >= 4 is 16.8 Å². The topological polar surface area (TPSA) is 87.3 Å². The first-order valence-electron chi connectivity index (χ1n) is 6.82. The van der Waals surface area contributed by atoms with Gasteiger partial charge in [-0.2, -0.15) is 0 Å². The summed E-state index contributed by atoms with van der Waals surface area (Å²) in [6, 6.07) is 5.23. The molecule has 0 bridgehead atoms. The van der Waals surface area contributed by atoms with Crippen molar-refractivity contribution in [2.24, 2.45) is 0 Å². The van der Waals surface area contributed by atoms with Gasteiger partial charge in [0, 0.05) is 19.6 Å². The van der Waals surface area contributed by atoms with E-state index in [0.29, 0.717) is 42.9 Å². The highest BCUT2D eigenvalue weighted by molar-refractivity contribution is 5.79. The first-order valence-corrected chi connectivity index (χ1v) is 6.82. The summed E-state index contributed by atoms with van der Waals surface area (Å²) >= 11 is 0. The molecule has 110 valence electrons. The number of carbonyl (C=O) groups excluding carboxylic acids is 1. The number of benzene rings is 1. The van der Waals surface area contributed by atoms with Crippen LogP contribution in [0.25, 0.3) is 10.9 Å². The minimum absolute atomic E-state index is 0.0459. The Hall–Kier alpha value is -2.41. The fraction of sp³-hybridized carbons (Fsp3) is 0.357. The molecule has 7 heteroatoms. The molecule has 2 N–H and O–H groups in total. The molecule has 0 atom stereocenters. The van der Waals surface area contributed by atoms with E-state index in [-0.39, 0.29) is 11.5 Å². The Bertz CT molecular complexity index is 713. The summed E-state index contributed by atoms with van der Waals surface area (Å²) in [4.78, 5) is 31.6. The Morgan fingerprint density at radius 3 is 3.10 bits per heavy atom. The molecule has 0 unspecified atom stereocenters. The van der Waals surface area contributed by atoms with Crippen molar-refractivity contribution in [1.82, 2.24) is 20.2 Å². The summed E-state index contributed by atoms with van der Waals surface area (Å²) in [6.07, 6.45) is 1.38. The predicted octanol–water partition coefficient (Wildman–Crippen LogP) is -0.266. The maximum atomic E-state index is 11.7. The van der Waals surface area contributed by atoms with Crippen LogP contribution in [-0.2, 0) is 4.79 Å². The van der Waals surface area contributed by atoms with Crippen LogP contribution in [0.2, 0.25) is 0 Å². The highest BCUT2D eigenvalue weighted by atomic mass is 16.5. The van der Waals surface area contributed by atoms with E-state index in [4.69, 9.17) is 4.74 Å². The molecule has 0 saturated carbocycles. The second-order valence-electron chi connectivity index (χ2n) is 4.89. The third-order valence-electron chi connectivity index (χ3n) is 3.41. The van der Waals surface area contributed by atoms with E-state index >= 15 is 0 Å². The van der Waals surface area contributed by atoms with E-state index in [1.165, 1.54) is 6.33 Å². The van der Waals surface area contributed by atoms with Gasteiger partial charge in [-0.05, 0) is 18.2 Å². The second-order valence-corrected chi connectivity index (χ2v) is 4.89. The smallest absolute Gasteiger partial charge is 0.258 e. The standard InChI is InChI=1S/C14H16N4O3/c19-13-8-18(4-3-15-13)5-6-21-10-1-2-12-11(7-10)14(20)17-9-16-12/h1-2,7,9H,3-6,8H2,(H,15,19)(H,16,17,20). The van der Waals surface area contributed by atoms with Gasteiger partial charge in [0.15, 0.2) is 0 Å². The Morgan fingerprint density at radius 1 is 1.33 bits per heavy atom. The maximum Gasteiger partial charge on any atom is 0.258 e. The Balaban J connectivity index is 1.61. The van der Waals surface area contributed by atoms with E-state index in [9.17, 15) is 9.59 Å². The number of nitrogens with zero attached hydrogens (tertiary/aromatic N) is 2.